The highest BCUT2D eigenvalue weighted by molar-refractivity contribution is 5.74. The number of fused-ring (bicyclic) bond motifs is 1. The number of nitrogens with zero attached hydrogens (tertiary/aromatic N) is 5. The molecule has 0 atom stereocenters. The van der Waals surface area contributed by atoms with Gasteiger partial charge in [-0.05, 0) is 25.1 Å². The van der Waals surface area contributed by atoms with Crippen LogP contribution in [0.3, 0.4) is 0 Å². The molecule has 0 amide bonds. The SMILES string of the molecule is Cc1nc2ccccc2nc1Cn1cc(-c2nnco2)ccc1=O. The lowest BCUT2D eigenvalue weighted by Gasteiger charge is -2.09. The molecule has 7 heteroatoms. The molecule has 3 aromatic heterocycles. The molecular formula is C17H13N5O2. The highest BCUT2D eigenvalue weighted by Gasteiger charge is 2.10. The van der Waals surface area contributed by atoms with Gasteiger partial charge in [0.25, 0.3) is 5.56 Å². The summed E-state index contributed by atoms with van der Waals surface area (Å²) in [4.78, 5) is 21.4. The van der Waals surface area contributed by atoms with Crippen molar-refractivity contribution in [2.75, 3.05) is 0 Å². The van der Waals surface area contributed by atoms with Gasteiger partial charge < -0.3 is 8.98 Å². The molecule has 7 nitrogen and oxygen atoms in total. The van der Waals surface area contributed by atoms with Gasteiger partial charge in [-0.1, -0.05) is 12.1 Å². The molecule has 1 aromatic carbocycles. The molecular weight excluding hydrogens is 306 g/mol. The first-order valence-electron chi connectivity index (χ1n) is 7.40. The van der Waals surface area contributed by atoms with Crippen molar-refractivity contribution in [1.29, 1.82) is 0 Å². The molecule has 0 N–H and O–H groups in total. The molecule has 0 saturated heterocycles. The largest absolute Gasteiger partial charge is 0.423 e. The minimum atomic E-state index is -0.132. The third kappa shape index (κ3) is 2.56. The molecule has 4 aromatic rings. The van der Waals surface area contributed by atoms with E-state index in [1.807, 2.05) is 31.2 Å². The summed E-state index contributed by atoms with van der Waals surface area (Å²) in [5.74, 6) is 0.366. The number of pyridine rings is 1. The minimum absolute atomic E-state index is 0.132. The van der Waals surface area contributed by atoms with E-state index in [0.29, 0.717) is 18.0 Å². The summed E-state index contributed by atoms with van der Waals surface area (Å²) in [7, 11) is 0. The van der Waals surface area contributed by atoms with E-state index in [1.54, 1.807) is 16.8 Å². The van der Waals surface area contributed by atoms with Gasteiger partial charge >= 0.3 is 0 Å². The lowest BCUT2D eigenvalue weighted by Crippen LogP contribution is -2.20. The molecule has 0 unspecified atom stereocenters. The zero-order valence-corrected chi connectivity index (χ0v) is 12.9. The van der Waals surface area contributed by atoms with Gasteiger partial charge in [-0.15, -0.1) is 10.2 Å². The van der Waals surface area contributed by atoms with Crippen LogP contribution in [0.4, 0.5) is 0 Å². The Morgan fingerprint density at radius 3 is 2.62 bits per heavy atom. The maximum Gasteiger partial charge on any atom is 0.250 e. The Labute approximate surface area is 136 Å². The van der Waals surface area contributed by atoms with Crippen LogP contribution in [0.5, 0.6) is 0 Å². The molecule has 0 bridgehead atoms. The fourth-order valence-electron chi connectivity index (χ4n) is 2.52. The van der Waals surface area contributed by atoms with E-state index in [4.69, 9.17) is 4.42 Å². The highest BCUT2D eigenvalue weighted by atomic mass is 16.4. The second-order valence-corrected chi connectivity index (χ2v) is 5.37. The van der Waals surface area contributed by atoms with Gasteiger partial charge in [0.2, 0.25) is 12.3 Å². The van der Waals surface area contributed by atoms with E-state index in [-0.39, 0.29) is 5.56 Å². The molecule has 24 heavy (non-hydrogen) atoms. The third-order valence-electron chi connectivity index (χ3n) is 3.75. The molecule has 0 radical (unpaired) electrons. The van der Waals surface area contributed by atoms with Gasteiger partial charge in [0.05, 0.1) is 34.5 Å². The summed E-state index contributed by atoms with van der Waals surface area (Å²) in [5, 5.41) is 7.52. The number of benzene rings is 1. The normalized spacial score (nSPS) is 11.0. The highest BCUT2D eigenvalue weighted by Crippen LogP contribution is 2.16. The van der Waals surface area contributed by atoms with Crippen molar-refractivity contribution in [1.82, 2.24) is 24.7 Å². The average Bonchev–Trinajstić information content (AvgIpc) is 3.12. The standard InChI is InChI=1S/C17H13N5O2/c1-11-15(20-14-5-3-2-4-13(14)19-11)9-22-8-12(6-7-16(22)23)17-21-18-10-24-17/h2-8,10H,9H2,1H3. The van der Waals surface area contributed by atoms with Crippen molar-refractivity contribution >= 4 is 11.0 Å². The lowest BCUT2D eigenvalue weighted by molar-refractivity contribution is 0.567. The van der Waals surface area contributed by atoms with E-state index in [9.17, 15) is 4.79 Å². The quantitative estimate of drug-likeness (QED) is 0.575. The van der Waals surface area contributed by atoms with Crippen molar-refractivity contribution in [2.24, 2.45) is 0 Å². The molecule has 4 rings (SSSR count). The maximum absolute atomic E-state index is 12.2. The predicted molar refractivity (Wildman–Crippen MR) is 87.4 cm³/mol. The summed E-state index contributed by atoms with van der Waals surface area (Å²) < 4.78 is 6.74. The Hall–Kier alpha value is -3.35. The molecule has 0 fully saturated rings. The van der Waals surface area contributed by atoms with Crippen LogP contribution < -0.4 is 5.56 Å². The number of aryl methyl sites for hydroxylation is 1. The second-order valence-electron chi connectivity index (χ2n) is 5.37. The smallest absolute Gasteiger partial charge is 0.250 e. The van der Waals surface area contributed by atoms with Crippen LogP contribution in [-0.4, -0.2) is 24.7 Å². The topological polar surface area (TPSA) is 86.7 Å². The van der Waals surface area contributed by atoms with Crippen molar-refractivity contribution < 1.29 is 4.42 Å². The average molecular weight is 319 g/mol. The number of rotatable bonds is 3. The van der Waals surface area contributed by atoms with E-state index >= 15 is 0 Å². The van der Waals surface area contributed by atoms with Crippen LogP contribution in [0.1, 0.15) is 11.4 Å². The molecule has 0 spiro atoms. The van der Waals surface area contributed by atoms with Gasteiger partial charge in [-0.25, -0.2) is 9.97 Å². The van der Waals surface area contributed by atoms with Crippen LogP contribution in [0.2, 0.25) is 0 Å². The minimum Gasteiger partial charge on any atom is -0.423 e. The number of hydrogen-bond acceptors (Lipinski definition) is 6. The van der Waals surface area contributed by atoms with Gasteiger partial charge in [-0.2, -0.15) is 0 Å². The Bertz CT molecular complexity index is 1070. The first-order chi connectivity index (χ1) is 11.7. The van der Waals surface area contributed by atoms with Crippen molar-refractivity contribution in [3.05, 3.63) is 70.7 Å². The number of para-hydroxylation sites is 2. The van der Waals surface area contributed by atoms with Crippen molar-refractivity contribution in [3.8, 4) is 11.5 Å². The molecule has 0 aliphatic heterocycles. The third-order valence-corrected chi connectivity index (χ3v) is 3.75. The van der Waals surface area contributed by atoms with E-state index in [1.165, 1.54) is 12.5 Å². The van der Waals surface area contributed by atoms with E-state index in [2.05, 4.69) is 20.2 Å². The zero-order chi connectivity index (χ0) is 16.5. The molecule has 3 heterocycles. The Morgan fingerprint density at radius 1 is 1.08 bits per heavy atom. The predicted octanol–water partition coefficient (Wildman–Crippen LogP) is 2.20. The summed E-state index contributed by atoms with van der Waals surface area (Å²) in [6, 6.07) is 10.8. The van der Waals surface area contributed by atoms with Crippen LogP contribution >= 0.6 is 0 Å². The van der Waals surface area contributed by atoms with Gasteiger partial charge in [-0.3, -0.25) is 4.79 Å². The van der Waals surface area contributed by atoms with E-state index < -0.39 is 0 Å². The Kier molecular flexibility index (Phi) is 3.38. The van der Waals surface area contributed by atoms with Crippen molar-refractivity contribution in [2.45, 2.75) is 13.5 Å². The summed E-state index contributed by atoms with van der Waals surface area (Å²) in [6.45, 7) is 2.21. The van der Waals surface area contributed by atoms with Crippen LogP contribution in [0.15, 0.2) is 58.2 Å². The van der Waals surface area contributed by atoms with Gasteiger partial charge in [0.15, 0.2) is 0 Å². The summed E-state index contributed by atoms with van der Waals surface area (Å²) in [5.41, 5.74) is 3.73. The first-order valence-corrected chi connectivity index (χ1v) is 7.40. The molecule has 0 saturated carbocycles. The molecule has 0 aliphatic carbocycles. The van der Waals surface area contributed by atoms with Crippen LogP contribution in [0.25, 0.3) is 22.5 Å². The Morgan fingerprint density at radius 2 is 1.88 bits per heavy atom. The lowest BCUT2D eigenvalue weighted by atomic mass is 10.2. The van der Waals surface area contributed by atoms with Gasteiger partial charge in [0, 0.05) is 12.3 Å². The molecule has 0 aliphatic rings. The first kappa shape index (κ1) is 14.3. The van der Waals surface area contributed by atoms with Crippen molar-refractivity contribution in [3.63, 3.8) is 0 Å². The van der Waals surface area contributed by atoms with Crippen LogP contribution in [-0.2, 0) is 6.54 Å². The van der Waals surface area contributed by atoms with Gasteiger partial charge in [0.1, 0.15) is 0 Å². The maximum atomic E-state index is 12.2. The number of hydrogen-bond donors (Lipinski definition) is 0. The fourth-order valence-corrected chi connectivity index (χ4v) is 2.52. The monoisotopic (exact) mass is 319 g/mol. The zero-order valence-electron chi connectivity index (χ0n) is 12.9. The Balaban J connectivity index is 1.76. The summed E-state index contributed by atoms with van der Waals surface area (Å²) >= 11 is 0. The van der Waals surface area contributed by atoms with E-state index in [0.717, 1.165) is 22.4 Å². The number of aromatic nitrogens is 5. The van der Waals surface area contributed by atoms with Crippen LogP contribution in [0, 0.1) is 6.92 Å². The second kappa shape index (κ2) is 5.69. The summed E-state index contributed by atoms with van der Waals surface area (Å²) in [6.07, 6.45) is 2.94. The molecule has 118 valence electrons. The fraction of sp³-hybridized carbons (Fsp3) is 0.118.